The van der Waals surface area contributed by atoms with Crippen molar-refractivity contribution in [3.05, 3.63) is 35.9 Å². The lowest BCUT2D eigenvalue weighted by molar-refractivity contribution is 0.182. The van der Waals surface area contributed by atoms with Crippen molar-refractivity contribution in [3.63, 3.8) is 0 Å². The highest BCUT2D eigenvalue weighted by Crippen LogP contribution is 2.19. The molecular weight excluding hydrogens is 240 g/mol. The van der Waals surface area contributed by atoms with Crippen LogP contribution < -0.4 is 9.44 Å². The van der Waals surface area contributed by atoms with E-state index in [4.69, 9.17) is 0 Å². The molecule has 0 aliphatic heterocycles. The van der Waals surface area contributed by atoms with Crippen molar-refractivity contribution in [1.82, 2.24) is 9.44 Å². The fraction of sp³-hybridized carbons (Fsp3) is 0.455. The van der Waals surface area contributed by atoms with Gasteiger partial charge in [-0.3, -0.25) is 0 Å². The molecule has 0 radical (unpaired) electrons. The summed E-state index contributed by atoms with van der Waals surface area (Å²) in [5, 5.41) is 9.78. The summed E-state index contributed by atoms with van der Waals surface area (Å²) in [5.41, 5.74) is 0.696. The monoisotopic (exact) mass is 256 g/mol. The molecule has 0 spiro atoms. The zero-order chi connectivity index (χ0) is 12.3. The second kappa shape index (κ2) is 5.14. The summed E-state index contributed by atoms with van der Waals surface area (Å²) < 4.78 is 27.8. The summed E-state index contributed by atoms with van der Waals surface area (Å²) in [5.74, 6) is 0. The van der Waals surface area contributed by atoms with Gasteiger partial charge in [-0.15, -0.1) is 0 Å². The van der Waals surface area contributed by atoms with Crippen LogP contribution in [0.25, 0.3) is 0 Å². The first-order chi connectivity index (χ1) is 8.07. The molecule has 1 aromatic carbocycles. The summed E-state index contributed by atoms with van der Waals surface area (Å²) >= 11 is 0. The van der Waals surface area contributed by atoms with Crippen LogP contribution in [-0.4, -0.2) is 26.1 Å². The van der Waals surface area contributed by atoms with Gasteiger partial charge in [0.1, 0.15) is 0 Å². The molecule has 0 bridgehead atoms. The highest BCUT2D eigenvalue weighted by atomic mass is 32.2. The Labute approximate surface area is 101 Å². The zero-order valence-electron chi connectivity index (χ0n) is 9.33. The van der Waals surface area contributed by atoms with Gasteiger partial charge >= 0.3 is 0 Å². The second-order valence-corrected chi connectivity index (χ2v) is 5.70. The fourth-order valence-corrected chi connectivity index (χ4v) is 2.58. The topological polar surface area (TPSA) is 78.4 Å². The summed E-state index contributed by atoms with van der Waals surface area (Å²) in [6.45, 7) is -0.0218. The first kappa shape index (κ1) is 12.5. The lowest BCUT2D eigenvalue weighted by atomic mass is 10.1. The molecule has 1 unspecified atom stereocenters. The molecule has 0 saturated heterocycles. The normalized spacial score (nSPS) is 17.9. The number of benzene rings is 1. The largest absolute Gasteiger partial charge is 0.387 e. The number of aliphatic hydroxyl groups is 1. The maximum absolute atomic E-state index is 11.5. The second-order valence-electron chi connectivity index (χ2n) is 4.17. The van der Waals surface area contributed by atoms with Crippen molar-refractivity contribution < 1.29 is 13.5 Å². The average Bonchev–Trinajstić information content (AvgIpc) is 3.10. The molecule has 3 N–H and O–H groups in total. The van der Waals surface area contributed by atoms with Crippen molar-refractivity contribution in [2.75, 3.05) is 6.54 Å². The van der Waals surface area contributed by atoms with Gasteiger partial charge in [0.2, 0.25) is 0 Å². The molecule has 0 aromatic heterocycles. The molecule has 0 heterocycles. The molecule has 0 amide bonds. The number of aliphatic hydroxyl groups excluding tert-OH is 1. The summed E-state index contributed by atoms with van der Waals surface area (Å²) in [4.78, 5) is 0. The smallest absolute Gasteiger partial charge is 0.277 e. The van der Waals surface area contributed by atoms with Crippen LogP contribution in [0.1, 0.15) is 24.5 Å². The Kier molecular flexibility index (Phi) is 3.78. The Morgan fingerprint density at radius 2 is 1.94 bits per heavy atom. The lowest BCUT2D eigenvalue weighted by Crippen LogP contribution is -2.39. The van der Waals surface area contributed by atoms with E-state index >= 15 is 0 Å². The zero-order valence-corrected chi connectivity index (χ0v) is 10.2. The van der Waals surface area contributed by atoms with Crippen molar-refractivity contribution in [3.8, 4) is 0 Å². The van der Waals surface area contributed by atoms with E-state index in [9.17, 15) is 13.5 Å². The molecule has 1 atom stereocenters. The maximum atomic E-state index is 11.5. The molecule has 5 nitrogen and oxygen atoms in total. The van der Waals surface area contributed by atoms with Crippen LogP contribution in [0.5, 0.6) is 0 Å². The summed E-state index contributed by atoms with van der Waals surface area (Å²) in [7, 11) is -3.48. The third-order valence-electron chi connectivity index (χ3n) is 2.55. The van der Waals surface area contributed by atoms with E-state index in [0.717, 1.165) is 12.8 Å². The predicted molar refractivity (Wildman–Crippen MR) is 64.5 cm³/mol. The van der Waals surface area contributed by atoms with Crippen LogP contribution in [0.2, 0.25) is 0 Å². The van der Waals surface area contributed by atoms with Crippen molar-refractivity contribution in [1.29, 1.82) is 0 Å². The van der Waals surface area contributed by atoms with Gasteiger partial charge in [-0.2, -0.15) is 17.9 Å². The standard InChI is InChI=1S/C11H16N2O3S/c14-11(9-4-2-1-3-5-9)8-12-17(15,16)13-10-6-7-10/h1-5,10-14H,6-8H2. The van der Waals surface area contributed by atoms with Gasteiger partial charge < -0.3 is 5.11 Å². The van der Waals surface area contributed by atoms with Gasteiger partial charge in [0, 0.05) is 12.6 Å². The molecule has 1 aliphatic rings. The third-order valence-corrected chi connectivity index (χ3v) is 3.74. The van der Waals surface area contributed by atoms with Crippen LogP contribution >= 0.6 is 0 Å². The van der Waals surface area contributed by atoms with Crippen molar-refractivity contribution in [2.24, 2.45) is 0 Å². The first-order valence-electron chi connectivity index (χ1n) is 5.57. The van der Waals surface area contributed by atoms with E-state index in [-0.39, 0.29) is 12.6 Å². The van der Waals surface area contributed by atoms with Gasteiger partial charge in [0.15, 0.2) is 0 Å². The van der Waals surface area contributed by atoms with E-state index in [1.54, 1.807) is 24.3 Å². The maximum Gasteiger partial charge on any atom is 0.277 e. The third kappa shape index (κ3) is 4.08. The van der Waals surface area contributed by atoms with E-state index in [1.165, 1.54) is 0 Å². The van der Waals surface area contributed by atoms with Gasteiger partial charge in [0.05, 0.1) is 6.10 Å². The fourth-order valence-electron chi connectivity index (χ4n) is 1.44. The minimum Gasteiger partial charge on any atom is -0.387 e. The summed E-state index contributed by atoms with van der Waals surface area (Å²) in [6, 6.07) is 9.03. The Hall–Kier alpha value is -0.950. The van der Waals surface area contributed by atoms with Crippen LogP contribution in [0.4, 0.5) is 0 Å². The molecular formula is C11H16N2O3S. The van der Waals surface area contributed by atoms with Crippen LogP contribution in [0.3, 0.4) is 0 Å². The van der Waals surface area contributed by atoms with Gasteiger partial charge in [-0.25, -0.2) is 0 Å². The molecule has 1 aromatic rings. The van der Waals surface area contributed by atoms with E-state index < -0.39 is 16.3 Å². The van der Waals surface area contributed by atoms with Crippen LogP contribution in [-0.2, 0) is 10.2 Å². The summed E-state index contributed by atoms with van der Waals surface area (Å²) in [6.07, 6.45) is 0.955. The van der Waals surface area contributed by atoms with Crippen molar-refractivity contribution in [2.45, 2.75) is 25.0 Å². The lowest BCUT2D eigenvalue weighted by Gasteiger charge is -2.12. The Morgan fingerprint density at radius 3 is 2.53 bits per heavy atom. The molecule has 2 rings (SSSR count). The number of hydrogen-bond acceptors (Lipinski definition) is 3. The molecule has 17 heavy (non-hydrogen) atoms. The Bertz CT molecular complexity index is 457. The van der Waals surface area contributed by atoms with E-state index in [1.807, 2.05) is 6.07 Å². The number of hydrogen-bond donors (Lipinski definition) is 3. The minimum atomic E-state index is -3.48. The SMILES string of the molecule is O=S(=O)(NCC(O)c1ccccc1)NC1CC1. The first-order valence-corrected chi connectivity index (χ1v) is 7.05. The van der Waals surface area contributed by atoms with E-state index in [0.29, 0.717) is 5.56 Å². The average molecular weight is 256 g/mol. The molecule has 1 saturated carbocycles. The quantitative estimate of drug-likeness (QED) is 0.685. The molecule has 1 fully saturated rings. The Morgan fingerprint density at radius 1 is 1.29 bits per heavy atom. The van der Waals surface area contributed by atoms with E-state index in [2.05, 4.69) is 9.44 Å². The number of nitrogens with one attached hydrogen (secondary N) is 2. The van der Waals surface area contributed by atoms with Crippen molar-refractivity contribution >= 4 is 10.2 Å². The predicted octanol–water partition coefficient (Wildman–Crippen LogP) is 0.306. The van der Waals surface area contributed by atoms with Crippen LogP contribution in [0.15, 0.2) is 30.3 Å². The van der Waals surface area contributed by atoms with Gasteiger partial charge in [0.25, 0.3) is 10.2 Å². The minimum absolute atomic E-state index is 0.0218. The molecule has 94 valence electrons. The number of rotatable bonds is 6. The van der Waals surface area contributed by atoms with Crippen LogP contribution in [0, 0.1) is 0 Å². The highest BCUT2D eigenvalue weighted by molar-refractivity contribution is 7.87. The molecule has 1 aliphatic carbocycles. The molecule has 6 heteroatoms. The highest BCUT2D eigenvalue weighted by Gasteiger charge is 2.26. The van der Waals surface area contributed by atoms with Gasteiger partial charge in [-0.05, 0) is 18.4 Å². The Balaban J connectivity index is 1.85. The van der Waals surface area contributed by atoms with Gasteiger partial charge in [-0.1, -0.05) is 30.3 Å².